The zero-order valence-electron chi connectivity index (χ0n) is 12.2. The molecule has 4 nitrogen and oxygen atoms in total. The second kappa shape index (κ2) is 7.32. The van der Waals surface area contributed by atoms with E-state index in [4.69, 9.17) is 0 Å². The van der Waals surface area contributed by atoms with Gasteiger partial charge in [0.15, 0.2) is 0 Å². The third kappa shape index (κ3) is 3.89. The van der Waals surface area contributed by atoms with Crippen LogP contribution < -0.4 is 4.90 Å². The number of piperazine rings is 1. The number of hydrogen-bond donors (Lipinski definition) is 0. The second-order valence-corrected chi connectivity index (χ2v) is 5.14. The van der Waals surface area contributed by atoms with Crippen LogP contribution in [0.2, 0.25) is 0 Å². The predicted molar refractivity (Wildman–Crippen MR) is 74.0 cm³/mol. The van der Waals surface area contributed by atoms with Crippen LogP contribution in [-0.2, 0) is 42.3 Å². The molecule has 1 aromatic carbocycles. The molecular weight excluding hydrogens is 329 g/mol. The largest absolute Gasteiger partial charge is 0.363 e. The van der Waals surface area contributed by atoms with Crippen LogP contribution in [0, 0.1) is 6.07 Å². The summed E-state index contributed by atoms with van der Waals surface area (Å²) in [6, 6.07) is 9.03. The first-order valence-electron chi connectivity index (χ1n) is 6.56. The first-order valence-corrected chi connectivity index (χ1v) is 6.56. The van der Waals surface area contributed by atoms with Crippen LogP contribution in [-0.4, -0.2) is 36.3 Å². The first kappa shape index (κ1) is 17.3. The van der Waals surface area contributed by atoms with Crippen molar-refractivity contribution in [2.75, 3.05) is 24.5 Å². The summed E-state index contributed by atoms with van der Waals surface area (Å²) in [5.74, 6) is 0.348. The third-order valence-electron chi connectivity index (χ3n) is 3.42. The Balaban J connectivity index is 0.00000200. The molecule has 20 heavy (non-hydrogen) atoms. The maximum absolute atomic E-state index is 12.0. The Labute approximate surface area is 145 Å². The second-order valence-electron chi connectivity index (χ2n) is 5.14. The monoisotopic (exact) mass is 348 g/mol. The van der Waals surface area contributed by atoms with E-state index in [0.717, 1.165) is 11.3 Å². The summed E-state index contributed by atoms with van der Waals surface area (Å²) < 4.78 is 0. The van der Waals surface area contributed by atoms with Gasteiger partial charge < -0.3 is 9.80 Å². The molecule has 0 spiro atoms. The minimum absolute atomic E-state index is 0. The molecule has 0 bridgehead atoms. The van der Waals surface area contributed by atoms with Crippen LogP contribution in [0.5, 0.6) is 0 Å². The number of benzene rings is 1. The van der Waals surface area contributed by atoms with E-state index in [1.165, 1.54) is 6.92 Å². The van der Waals surface area contributed by atoms with Crippen molar-refractivity contribution >= 4 is 17.5 Å². The Morgan fingerprint density at radius 2 is 2.00 bits per heavy atom. The summed E-state index contributed by atoms with van der Waals surface area (Å²) in [4.78, 5) is 26.6. The van der Waals surface area contributed by atoms with Crippen molar-refractivity contribution in [1.29, 1.82) is 0 Å². The van der Waals surface area contributed by atoms with Crippen LogP contribution >= 0.6 is 0 Å². The van der Waals surface area contributed by atoms with Crippen LogP contribution in [0.25, 0.3) is 0 Å². The van der Waals surface area contributed by atoms with Gasteiger partial charge >= 0.3 is 0 Å². The Morgan fingerprint density at radius 1 is 1.30 bits per heavy atom. The van der Waals surface area contributed by atoms with Gasteiger partial charge in [-0.25, -0.2) is 0 Å². The number of anilines is 1. The summed E-state index contributed by atoms with van der Waals surface area (Å²) in [5, 5.41) is 0. The summed E-state index contributed by atoms with van der Waals surface area (Å²) in [6.07, 6.45) is 0. The predicted octanol–water partition coefficient (Wildman–Crippen LogP) is 1.80. The van der Waals surface area contributed by atoms with Gasteiger partial charge in [0.2, 0.25) is 11.8 Å². The van der Waals surface area contributed by atoms with Crippen molar-refractivity contribution in [1.82, 2.24) is 4.90 Å². The number of amides is 2. The standard InChI is InChI=1S/C15H19N2O2.Y/c1-11(2)13-4-6-14(7-5-13)17-9-8-16(12(3)18)10-15(17)19;/h4,6-7,11H,8-10H2,1-3H3;/q-1;. The molecule has 0 N–H and O–H groups in total. The summed E-state index contributed by atoms with van der Waals surface area (Å²) in [7, 11) is 0. The molecule has 0 saturated carbocycles. The fraction of sp³-hybridized carbons (Fsp3) is 0.467. The third-order valence-corrected chi connectivity index (χ3v) is 3.42. The molecule has 0 aromatic heterocycles. The van der Waals surface area contributed by atoms with Crippen LogP contribution in [0.3, 0.4) is 0 Å². The molecule has 1 fully saturated rings. The van der Waals surface area contributed by atoms with E-state index in [1.807, 2.05) is 18.2 Å². The van der Waals surface area contributed by atoms with Gasteiger partial charge in [-0.2, -0.15) is 23.8 Å². The fourth-order valence-corrected chi connectivity index (χ4v) is 2.17. The smallest absolute Gasteiger partial charge is 0.235 e. The molecule has 1 aliphatic heterocycles. The zero-order chi connectivity index (χ0) is 14.0. The molecule has 1 heterocycles. The molecule has 0 aliphatic carbocycles. The average Bonchev–Trinajstić information content (AvgIpc) is 2.38. The molecule has 1 radical (unpaired) electrons. The Hall–Kier alpha value is -0.736. The summed E-state index contributed by atoms with van der Waals surface area (Å²) in [5.41, 5.74) is 2.00. The minimum Gasteiger partial charge on any atom is -0.363 e. The molecule has 1 saturated heterocycles. The first-order chi connectivity index (χ1) is 8.99. The quantitative estimate of drug-likeness (QED) is 0.765. The van der Waals surface area contributed by atoms with Gasteiger partial charge in [0.25, 0.3) is 0 Å². The number of rotatable bonds is 2. The fourth-order valence-electron chi connectivity index (χ4n) is 2.17. The summed E-state index contributed by atoms with van der Waals surface area (Å²) >= 11 is 0. The Kier molecular flexibility index (Phi) is 6.34. The molecule has 1 aromatic rings. The summed E-state index contributed by atoms with van der Waals surface area (Å²) in [6.45, 7) is 7.03. The van der Waals surface area contributed by atoms with Crippen molar-refractivity contribution in [3.05, 3.63) is 29.8 Å². The number of carbonyl (C=O) groups is 2. The van der Waals surface area contributed by atoms with Gasteiger partial charge in [-0.1, -0.05) is 19.5 Å². The molecule has 0 atom stereocenters. The van der Waals surface area contributed by atoms with Gasteiger partial charge in [0.1, 0.15) is 0 Å². The van der Waals surface area contributed by atoms with Crippen LogP contribution in [0.4, 0.5) is 5.69 Å². The van der Waals surface area contributed by atoms with Crippen molar-refractivity contribution in [2.24, 2.45) is 0 Å². The van der Waals surface area contributed by atoms with Crippen molar-refractivity contribution in [2.45, 2.75) is 26.7 Å². The van der Waals surface area contributed by atoms with Crippen molar-refractivity contribution < 1.29 is 42.3 Å². The number of nitrogens with zero attached hydrogens (tertiary/aromatic N) is 2. The zero-order valence-corrected chi connectivity index (χ0v) is 15.1. The van der Waals surface area contributed by atoms with Gasteiger partial charge in [-0.05, 0) is 5.92 Å². The molecular formula is C15H19N2O2Y-. The van der Waals surface area contributed by atoms with E-state index in [-0.39, 0.29) is 51.1 Å². The maximum Gasteiger partial charge on any atom is 0.235 e. The van der Waals surface area contributed by atoms with Gasteiger partial charge in [0.05, 0.1) is 6.54 Å². The van der Waals surface area contributed by atoms with E-state index >= 15 is 0 Å². The van der Waals surface area contributed by atoms with Gasteiger partial charge in [0, 0.05) is 52.7 Å². The Bertz CT molecular complexity index is 485. The average molecular weight is 348 g/mol. The van der Waals surface area contributed by atoms with E-state index in [2.05, 4.69) is 19.9 Å². The Morgan fingerprint density at radius 3 is 2.45 bits per heavy atom. The maximum atomic E-state index is 12.0. The molecule has 2 rings (SSSR count). The van der Waals surface area contributed by atoms with Crippen molar-refractivity contribution in [3.63, 3.8) is 0 Å². The van der Waals surface area contributed by atoms with E-state index < -0.39 is 0 Å². The van der Waals surface area contributed by atoms with E-state index in [9.17, 15) is 9.59 Å². The molecule has 2 amide bonds. The molecule has 5 heteroatoms. The van der Waals surface area contributed by atoms with Crippen LogP contribution in [0.15, 0.2) is 18.2 Å². The van der Waals surface area contributed by atoms with Crippen molar-refractivity contribution in [3.8, 4) is 0 Å². The van der Waals surface area contributed by atoms with Gasteiger partial charge in [-0.15, -0.1) is 6.07 Å². The molecule has 1 aliphatic rings. The topological polar surface area (TPSA) is 40.6 Å². The van der Waals surface area contributed by atoms with Gasteiger partial charge in [-0.3, -0.25) is 9.59 Å². The molecule has 0 unspecified atom stereocenters. The number of hydrogen-bond acceptors (Lipinski definition) is 2. The molecule has 105 valence electrons. The SMILES string of the molecule is CC(=O)N1CCN(c2c[c-]c(C(C)C)cc2)C(=O)C1.[Y]. The van der Waals surface area contributed by atoms with Crippen LogP contribution in [0.1, 0.15) is 32.3 Å². The van der Waals surface area contributed by atoms with E-state index in [0.29, 0.717) is 19.0 Å². The normalized spacial score (nSPS) is 15.3. The minimum atomic E-state index is -0.0466. The van der Waals surface area contributed by atoms with E-state index in [1.54, 1.807) is 9.80 Å². The number of carbonyl (C=O) groups excluding carboxylic acids is 2.